The molecule has 230 valence electrons. The molecule has 0 radical (unpaired) electrons. The molecule has 0 N–H and O–H groups in total. The van der Waals surface area contributed by atoms with Crippen molar-refractivity contribution in [3.8, 4) is 40.2 Å². The summed E-state index contributed by atoms with van der Waals surface area (Å²) in [6, 6.07) is 22.1. The summed E-state index contributed by atoms with van der Waals surface area (Å²) in [4.78, 5) is 26.4. The van der Waals surface area contributed by atoms with E-state index in [9.17, 15) is 9.59 Å². The molecule has 0 aromatic heterocycles. The predicted molar refractivity (Wildman–Crippen MR) is 166 cm³/mol. The predicted octanol–water partition coefficient (Wildman–Crippen LogP) is 6.40. The summed E-state index contributed by atoms with van der Waals surface area (Å²) < 4.78 is 39.8. The zero-order valence-corrected chi connectivity index (χ0v) is 25.4. The number of rotatable bonds is 10. The molecule has 1 atom stereocenters. The summed E-state index contributed by atoms with van der Waals surface area (Å²) in [5.74, 6) is 2.53. The Morgan fingerprint density at radius 1 is 0.778 bits per heavy atom. The van der Waals surface area contributed by atoms with Crippen LogP contribution in [-0.4, -0.2) is 46.8 Å². The lowest BCUT2D eigenvalue weighted by atomic mass is 9.84. The maximum Gasteiger partial charge on any atom is 0.312 e. The van der Waals surface area contributed by atoms with Crippen LogP contribution in [0.4, 0.5) is 0 Å². The van der Waals surface area contributed by atoms with Gasteiger partial charge in [-0.2, -0.15) is 0 Å². The molecular weight excluding hydrogens is 576 g/mol. The Morgan fingerprint density at radius 2 is 1.51 bits per heavy atom. The number of hydrogen-bond acceptors (Lipinski definition) is 9. The van der Waals surface area contributed by atoms with Gasteiger partial charge in [-0.3, -0.25) is 9.59 Å². The SMILES string of the molecule is COc1ccc(CCOc2ccccc2C2CC(=O)Oc3ccc4c(c32)O/C(=C\c2cc(OC)c(OC)cc2OC)C4=O)cc1. The van der Waals surface area contributed by atoms with Crippen LogP contribution in [0.1, 0.15) is 45.0 Å². The Balaban J connectivity index is 1.33. The molecule has 9 heteroatoms. The van der Waals surface area contributed by atoms with E-state index in [1.165, 1.54) is 21.3 Å². The van der Waals surface area contributed by atoms with Crippen LogP contribution in [0.5, 0.6) is 40.2 Å². The van der Waals surface area contributed by atoms with Crippen molar-refractivity contribution in [2.75, 3.05) is 35.0 Å². The second kappa shape index (κ2) is 12.7. The first-order valence-electron chi connectivity index (χ1n) is 14.4. The number of Topliss-reactive ketones (excluding diaryl/α,β-unsaturated/α-hetero) is 1. The fraction of sp³-hybridized carbons (Fsp3) is 0.222. The molecule has 4 aromatic rings. The first kappa shape index (κ1) is 29.6. The van der Waals surface area contributed by atoms with Crippen molar-refractivity contribution in [2.45, 2.75) is 18.8 Å². The van der Waals surface area contributed by atoms with Gasteiger partial charge in [0, 0.05) is 35.1 Å². The summed E-state index contributed by atoms with van der Waals surface area (Å²) in [6.45, 7) is 0.426. The molecule has 9 nitrogen and oxygen atoms in total. The van der Waals surface area contributed by atoms with Crippen LogP contribution in [0.2, 0.25) is 0 Å². The van der Waals surface area contributed by atoms with E-state index in [0.29, 0.717) is 64.2 Å². The number of hydrogen-bond donors (Lipinski definition) is 0. The number of benzene rings is 4. The molecule has 0 fully saturated rings. The minimum absolute atomic E-state index is 0.0579. The molecule has 0 saturated carbocycles. The Morgan fingerprint density at radius 3 is 2.24 bits per heavy atom. The normalized spacial score (nSPS) is 15.9. The summed E-state index contributed by atoms with van der Waals surface area (Å²) >= 11 is 0. The van der Waals surface area contributed by atoms with Crippen LogP contribution in [-0.2, 0) is 11.2 Å². The van der Waals surface area contributed by atoms with Crippen LogP contribution in [0.15, 0.2) is 78.6 Å². The highest BCUT2D eigenvalue weighted by atomic mass is 16.5. The van der Waals surface area contributed by atoms with Gasteiger partial charge >= 0.3 is 5.97 Å². The molecule has 2 aliphatic rings. The van der Waals surface area contributed by atoms with Gasteiger partial charge in [0.05, 0.1) is 47.0 Å². The fourth-order valence-corrected chi connectivity index (χ4v) is 5.65. The van der Waals surface area contributed by atoms with Crippen LogP contribution in [0.3, 0.4) is 0 Å². The third-order valence-electron chi connectivity index (χ3n) is 7.90. The van der Waals surface area contributed by atoms with Crippen LogP contribution in [0, 0.1) is 0 Å². The highest BCUT2D eigenvalue weighted by Crippen LogP contribution is 2.50. The maximum absolute atomic E-state index is 13.6. The number of para-hydroxylation sites is 1. The molecule has 0 amide bonds. The van der Waals surface area contributed by atoms with Crippen LogP contribution in [0.25, 0.3) is 6.08 Å². The van der Waals surface area contributed by atoms with Gasteiger partial charge in [-0.25, -0.2) is 0 Å². The topological polar surface area (TPSA) is 98.8 Å². The van der Waals surface area contributed by atoms with E-state index in [4.69, 9.17) is 33.2 Å². The molecule has 0 bridgehead atoms. The molecule has 0 aliphatic carbocycles. The molecule has 2 heterocycles. The number of fused-ring (bicyclic) bond motifs is 3. The number of allylic oxidation sites excluding steroid dienone is 1. The molecule has 2 aliphatic heterocycles. The number of ketones is 1. The minimum atomic E-state index is -0.462. The van der Waals surface area contributed by atoms with Gasteiger partial charge in [-0.15, -0.1) is 0 Å². The molecule has 0 saturated heterocycles. The van der Waals surface area contributed by atoms with Crippen molar-refractivity contribution in [3.05, 3.63) is 106 Å². The molecule has 45 heavy (non-hydrogen) atoms. The standard InChI is InChI=1S/C36H32O9/c1-39-23-11-9-21(10-12-23)15-16-43-27-8-6-5-7-24(27)26-19-33(37)44-28-14-13-25-35(38)32(45-36(25)34(26)28)18-22-17-30(41-3)31(42-4)20-29(22)40-2/h5-14,17-18,20,26H,15-16,19H2,1-4H3/b32-18-. The smallest absolute Gasteiger partial charge is 0.312 e. The van der Waals surface area contributed by atoms with E-state index in [2.05, 4.69) is 0 Å². The largest absolute Gasteiger partial charge is 0.497 e. The van der Waals surface area contributed by atoms with Crippen molar-refractivity contribution < 1.29 is 42.7 Å². The maximum atomic E-state index is 13.6. The lowest BCUT2D eigenvalue weighted by Crippen LogP contribution is -2.22. The Hall–Kier alpha value is -5.44. The minimum Gasteiger partial charge on any atom is -0.497 e. The first-order valence-corrected chi connectivity index (χ1v) is 14.4. The molecule has 4 aromatic carbocycles. The van der Waals surface area contributed by atoms with Gasteiger partial charge in [0.15, 0.2) is 17.3 Å². The zero-order valence-electron chi connectivity index (χ0n) is 25.4. The van der Waals surface area contributed by atoms with Crippen molar-refractivity contribution in [1.82, 2.24) is 0 Å². The number of esters is 1. The molecule has 6 rings (SSSR count). The van der Waals surface area contributed by atoms with Crippen molar-refractivity contribution in [2.24, 2.45) is 0 Å². The van der Waals surface area contributed by atoms with Gasteiger partial charge in [0.2, 0.25) is 5.78 Å². The number of ether oxygens (including phenoxy) is 7. The molecule has 1 unspecified atom stereocenters. The Labute approximate surface area is 260 Å². The zero-order chi connectivity index (χ0) is 31.5. The third-order valence-corrected chi connectivity index (χ3v) is 7.90. The summed E-state index contributed by atoms with van der Waals surface area (Å²) in [6.07, 6.45) is 2.35. The average molecular weight is 609 g/mol. The molecular formula is C36H32O9. The van der Waals surface area contributed by atoms with Gasteiger partial charge in [-0.1, -0.05) is 30.3 Å². The van der Waals surface area contributed by atoms with E-state index in [-0.39, 0.29) is 23.9 Å². The average Bonchev–Trinajstić information content (AvgIpc) is 3.39. The fourth-order valence-electron chi connectivity index (χ4n) is 5.65. The quantitative estimate of drug-likeness (QED) is 0.115. The highest BCUT2D eigenvalue weighted by Gasteiger charge is 2.39. The third kappa shape index (κ3) is 5.76. The first-order chi connectivity index (χ1) is 21.9. The summed E-state index contributed by atoms with van der Waals surface area (Å²) in [5, 5.41) is 0. The lowest BCUT2D eigenvalue weighted by Gasteiger charge is -2.27. The van der Waals surface area contributed by atoms with E-state index in [1.807, 2.05) is 48.5 Å². The van der Waals surface area contributed by atoms with E-state index in [1.54, 1.807) is 37.5 Å². The van der Waals surface area contributed by atoms with Gasteiger partial charge < -0.3 is 33.2 Å². The van der Waals surface area contributed by atoms with Crippen molar-refractivity contribution in [1.29, 1.82) is 0 Å². The van der Waals surface area contributed by atoms with Crippen LogP contribution >= 0.6 is 0 Å². The highest BCUT2D eigenvalue weighted by molar-refractivity contribution is 6.15. The second-order valence-corrected chi connectivity index (χ2v) is 10.5. The van der Waals surface area contributed by atoms with E-state index in [0.717, 1.165) is 16.9 Å². The monoisotopic (exact) mass is 608 g/mol. The number of carbonyl (C=O) groups excluding carboxylic acids is 2. The van der Waals surface area contributed by atoms with Crippen molar-refractivity contribution >= 4 is 17.8 Å². The van der Waals surface area contributed by atoms with E-state index < -0.39 is 5.92 Å². The van der Waals surface area contributed by atoms with Gasteiger partial charge in [0.25, 0.3) is 0 Å². The number of methoxy groups -OCH3 is 4. The number of carbonyl (C=O) groups is 2. The Kier molecular flexibility index (Phi) is 8.33. The second-order valence-electron chi connectivity index (χ2n) is 10.5. The summed E-state index contributed by atoms with van der Waals surface area (Å²) in [5.41, 5.74) is 3.47. The van der Waals surface area contributed by atoms with Crippen molar-refractivity contribution in [3.63, 3.8) is 0 Å². The van der Waals surface area contributed by atoms with E-state index >= 15 is 0 Å². The van der Waals surface area contributed by atoms with Crippen LogP contribution < -0.4 is 33.2 Å². The van der Waals surface area contributed by atoms with Gasteiger partial charge in [-0.05, 0) is 48.0 Å². The van der Waals surface area contributed by atoms with Gasteiger partial charge in [0.1, 0.15) is 28.7 Å². The lowest BCUT2D eigenvalue weighted by molar-refractivity contribution is -0.135. The molecule has 0 spiro atoms. The summed E-state index contributed by atoms with van der Waals surface area (Å²) in [7, 11) is 6.23. The Bertz CT molecular complexity index is 1790.